The lowest BCUT2D eigenvalue weighted by atomic mass is 10.1. The van der Waals surface area contributed by atoms with Gasteiger partial charge in [0.1, 0.15) is 11.3 Å². The normalized spacial score (nSPS) is 15.0. The SMILES string of the molecule is CCS(=O)(=O)c1ccc(CC(=O)N2CCN(c3nc4c(F)cccc4s3)CC2)cc1. The summed E-state index contributed by atoms with van der Waals surface area (Å²) in [6, 6.07) is 11.5. The first-order valence-corrected chi connectivity index (χ1v) is 12.2. The molecule has 2 aromatic carbocycles. The van der Waals surface area contributed by atoms with E-state index in [-0.39, 0.29) is 28.8 Å². The number of carbonyl (C=O) groups is 1. The van der Waals surface area contributed by atoms with E-state index < -0.39 is 9.84 Å². The number of nitrogens with zero attached hydrogens (tertiary/aromatic N) is 3. The minimum atomic E-state index is -3.24. The molecule has 6 nitrogen and oxygen atoms in total. The van der Waals surface area contributed by atoms with Crippen LogP contribution in [0.25, 0.3) is 10.2 Å². The van der Waals surface area contributed by atoms with Gasteiger partial charge < -0.3 is 9.80 Å². The molecule has 0 aliphatic carbocycles. The molecule has 0 bridgehead atoms. The van der Waals surface area contributed by atoms with E-state index in [9.17, 15) is 17.6 Å². The maximum Gasteiger partial charge on any atom is 0.227 e. The topological polar surface area (TPSA) is 70.6 Å². The van der Waals surface area contributed by atoms with Crippen molar-refractivity contribution in [2.24, 2.45) is 0 Å². The predicted molar refractivity (Wildman–Crippen MR) is 116 cm³/mol. The zero-order valence-corrected chi connectivity index (χ0v) is 18.2. The van der Waals surface area contributed by atoms with Crippen molar-refractivity contribution in [3.8, 4) is 0 Å². The first-order chi connectivity index (χ1) is 14.4. The Morgan fingerprint density at radius 1 is 1.10 bits per heavy atom. The number of sulfone groups is 1. The van der Waals surface area contributed by atoms with Crippen LogP contribution in [0.4, 0.5) is 9.52 Å². The Morgan fingerprint density at radius 3 is 2.43 bits per heavy atom. The Bertz CT molecular complexity index is 1170. The van der Waals surface area contributed by atoms with Gasteiger partial charge in [0.15, 0.2) is 15.0 Å². The van der Waals surface area contributed by atoms with Crippen LogP contribution in [0, 0.1) is 5.82 Å². The molecule has 2 heterocycles. The van der Waals surface area contributed by atoms with Gasteiger partial charge in [0.25, 0.3) is 0 Å². The molecule has 1 aliphatic rings. The van der Waals surface area contributed by atoms with Crippen molar-refractivity contribution >= 4 is 42.4 Å². The summed E-state index contributed by atoms with van der Waals surface area (Å²) < 4.78 is 38.5. The van der Waals surface area contributed by atoms with E-state index in [1.54, 1.807) is 42.2 Å². The molecule has 0 spiro atoms. The van der Waals surface area contributed by atoms with Crippen molar-refractivity contribution in [2.75, 3.05) is 36.8 Å². The van der Waals surface area contributed by atoms with Crippen LogP contribution in [0.15, 0.2) is 47.4 Å². The molecule has 0 atom stereocenters. The molecular weight excluding hydrogens is 425 g/mol. The van der Waals surface area contributed by atoms with Crippen LogP contribution < -0.4 is 4.90 Å². The molecule has 0 unspecified atom stereocenters. The molecule has 1 amide bonds. The molecule has 0 radical (unpaired) electrons. The van der Waals surface area contributed by atoms with Gasteiger partial charge in [0.2, 0.25) is 5.91 Å². The zero-order valence-electron chi connectivity index (χ0n) is 16.5. The third kappa shape index (κ3) is 4.17. The number of hydrogen-bond donors (Lipinski definition) is 0. The van der Waals surface area contributed by atoms with E-state index in [1.807, 2.05) is 6.07 Å². The molecule has 30 heavy (non-hydrogen) atoms. The number of carbonyl (C=O) groups excluding carboxylic acids is 1. The first kappa shape index (κ1) is 20.7. The summed E-state index contributed by atoms with van der Waals surface area (Å²) >= 11 is 1.46. The molecule has 0 N–H and O–H groups in total. The zero-order chi connectivity index (χ0) is 21.3. The van der Waals surface area contributed by atoms with Crippen molar-refractivity contribution in [3.63, 3.8) is 0 Å². The monoisotopic (exact) mass is 447 g/mol. The number of piperazine rings is 1. The minimum Gasteiger partial charge on any atom is -0.345 e. The molecule has 1 saturated heterocycles. The third-order valence-electron chi connectivity index (χ3n) is 5.28. The highest BCUT2D eigenvalue weighted by Gasteiger charge is 2.23. The Labute approximate surface area is 178 Å². The van der Waals surface area contributed by atoms with Crippen molar-refractivity contribution < 1.29 is 17.6 Å². The molecule has 1 fully saturated rings. The second-order valence-electron chi connectivity index (χ2n) is 7.18. The van der Waals surface area contributed by atoms with Crippen molar-refractivity contribution in [1.82, 2.24) is 9.88 Å². The van der Waals surface area contributed by atoms with Gasteiger partial charge in [0.05, 0.1) is 21.8 Å². The first-order valence-electron chi connectivity index (χ1n) is 9.77. The van der Waals surface area contributed by atoms with Crippen molar-refractivity contribution in [2.45, 2.75) is 18.2 Å². The highest BCUT2D eigenvalue weighted by Crippen LogP contribution is 2.30. The predicted octanol–water partition coefficient (Wildman–Crippen LogP) is 3.12. The molecular formula is C21H22FN3O3S2. The largest absolute Gasteiger partial charge is 0.345 e. The average Bonchev–Trinajstić information content (AvgIpc) is 3.20. The Kier molecular flexibility index (Phi) is 5.75. The van der Waals surface area contributed by atoms with Gasteiger partial charge in [-0.15, -0.1) is 0 Å². The summed E-state index contributed by atoms with van der Waals surface area (Å²) in [7, 11) is -3.24. The number of aromatic nitrogens is 1. The molecule has 9 heteroatoms. The quantitative estimate of drug-likeness (QED) is 0.601. The molecule has 1 aromatic heterocycles. The van der Waals surface area contributed by atoms with E-state index >= 15 is 0 Å². The number of anilines is 1. The number of hydrogen-bond acceptors (Lipinski definition) is 6. The fraction of sp³-hybridized carbons (Fsp3) is 0.333. The summed E-state index contributed by atoms with van der Waals surface area (Å²) in [5.74, 6) is -0.255. The van der Waals surface area contributed by atoms with Crippen molar-refractivity contribution in [3.05, 3.63) is 53.8 Å². The summed E-state index contributed by atoms with van der Waals surface area (Å²) in [5, 5.41) is 0.773. The molecule has 158 valence electrons. The highest BCUT2D eigenvalue weighted by atomic mass is 32.2. The van der Waals surface area contributed by atoms with Gasteiger partial charge in [-0.25, -0.2) is 17.8 Å². The lowest BCUT2D eigenvalue weighted by Gasteiger charge is -2.34. The summed E-state index contributed by atoms with van der Waals surface area (Å²) in [6.07, 6.45) is 0.235. The maximum absolute atomic E-state index is 13.9. The van der Waals surface area contributed by atoms with Gasteiger partial charge in [-0.05, 0) is 29.8 Å². The van der Waals surface area contributed by atoms with Gasteiger partial charge >= 0.3 is 0 Å². The van der Waals surface area contributed by atoms with E-state index in [4.69, 9.17) is 0 Å². The molecule has 1 aliphatic heterocycles. The lowest BCUT2D eigenvalue weighted by Crippen LogP contribution is -2.49. The van der Waals surface area contributed by atoms with E-state index in [0.29, 0.717) is 31.7 Å². The number of benzene rings is 2. The van der Waals surface area contributed by atoms with Crippen LogP contribution >= 0.6 is 11.3 Å². The highest BCUT2D eigenvalue weighted by molar-refractivity contribution is 7.91. The molecule has 3 aromatic rings. The van der Waals surface area contributed by atoms with Crippen LogP contribution in [0.5, 0.6) is 0 Å². The van der Waals surface area contributed by atoms with Crippen LogP contribution in [0.3, 0.4) is 0 Å². The number of rotatable bonds is 5. The van der Waals surface area contributed by atoms with Gasteiger partial charge in [0, 0.05) is 26.2 Å². The lowest BCUT2D eigenvalue weighted by molar-refractivity contribution is -0.130. The molecule has 0 saturated carbocycles. The Hall–Kier alpha value is -2.52. The van der Waals surface area contributed by atoms with Crippen LogP contribution in [-0.4, -0.2) is 56.1 Å². The number of thiazole rings is 1. The second-order valence-corrected chi connectivity index (χ2v) is 10.5. The van der Waals surface area contributed by atoms with Crippen LogP contribution in [0.1, 0.15) is 12.5 Å². The average molecular weight is 448 g/mol. The number of amides is 1. The Morgan fingerprint density at radius 2 is 1.80 bits per heavy atom. The van der Waals surface area contributed by atoms with Gasteiger partial charge in [-0.3, -0.25) is 4.79 Å². The van der Waals surface area contributed by atoms with Gasteiger partial charge in [-0.2, -0.15) is 0 Å². The summed E-state index contributed by atoms with van der Waals surface area (Å²) in [4.78, 5) is 21.3. The van der Waals surface area contributed by atoms with Gasteiger partial charge in [-0.1, -0.05) is 36.5 Å². The van der Waals surface area contributed by atoms with Crippen molar-refractivity contribution in [1.29, 1.82) is 0 Å². The number of halogens is 1. The van der Waals surface area contributed by atoms with E-state index in [1.165, 1.54) is 17.4 Å². The van der Waals surface area contributed by atoms with Crippen LogP contribution in [-0.2, 0) is 21.1 Å². The minimum absolute atomic E-state index is 0.0103. The maximum atomic E-state index is 13.9. The standard InChI is InChI=1S/C21H22FN3O3S2/c1-2-30(27,28)16-8-6-15(7-9-16)14-19(26)24-10-12-25(13-11-24)21-23-20-17(22)4-3-5-18(20)29-21/h3-9H,2,10-14H2,1H3. The van der Waals surface area contributed by atoms with E-state index in [2.05, 4.69) is 9.88 Å². The van der Waals surface area contributed by atoms with E-state index in [0.717, 1.165) is 15.4 Å². The fourth-order valence-electron chi connectivity index (χ4n) is 3.45. The molecule has 4 rings (SSSR count). The van der Waals surface area contributed by atoms with Crippen LogP contribution in [0.2, 0.25) is 0 Å². The smallest absolute Gasteiger partial charge is 0.227 e. The number of fused-ring (bicyclic) bond motifs is 1. The Balaban J connectivity index is 1.36. The summed E-state index contributed by atoms with van der Waals surface area (Å²) in [5.41, 5.74) is 1.18. The third-order valence-corrected chi connectivity index (χ3v) is 8.11. The number of para-hydroxylation sites is 1. The second kappa shape index (κ2) is 8.31. The summed E-state index contributed by atoms with van der Waals surface area (Å²) in [6.45, 7) is 4.03. The fourth-order valence-corrected chi connectivity index (χ4v) is 5.37.